The van der Waals surface area contributed by atoms with Crippen LogP contribution >= 0.6 is 11.6 Å². The maximum absolute atomic E-state index is 11.0. The summed E-state index contributed by atoms with van der Waals surface area (Å²) in [6.07, 6.45) is -1.47. The zero-order chi connectivity index (χ0) is 16.4. The second-order valence-corrected chi connectivity index (χ2v) is 5.65. The van der Waals surface area contributed by atoms with Crippen LogP contribution in [0, 0.1) is 11.3 Å². The Morgan fingerprint density at radius 2 is 2.27 bits per heavy atom. The number of nitrogens with zero attached hydrogens (tertiary/aromatic N) is 3. The predicted octanol–water partition coefficient (Wildman–Crippen LogP) is 1.34. The van der Waals surface area contributed by atoms with Gasteiger partial charge < -0.3 is 25.7 Å². The highest BCUT2D eigenvalue weighted by Gasteiger charge is 2.33. The molecule has 118 valence electrons. The normalized spacial score (nSPS) is 21.3. The fraction of sp³-hybridized carbons (Fsp3) is 0.429. The second kappa shape index (κ2) is 6.30. The number of piperidine rings is 1. The third-order valence-electron chi connectivity index (χ3n) is 3.90. The van der Waals surface area contributed by atoms with Crippen LogP contribution in [-0.4, -0.2) is 53.5 Å². The van der Waals surface area contributed by atoms with Crippen molar-refractivity contribution in [2.24, 2.45) is 0 Å². The summed E-state index contributed by atoms with van der Waals surface area (Å²) >= 11 is 6.19. The van der Waals surface area contributed by atoms with Gasteiger partial charge >= 0.3 is 6.09 Å². The molecule has 0 spiro atoms. The minimum atomic E-state index is -1.08. The van der Waals surface area contributed by atoms with Crippen LogP contribution in [0.3, 0.4) is 0 Å². The van der Waals surface area contributed by atoms with Gasteiger partial charge in [-0.25, -0.2) is 4.79 Å². The Labute approximate surface area is 133 Å². The Kier molecular flexibility index (Phi) is 4.64. The van der Waals surface area contributed by atoms with E-state index in [4.69, 9.17) is 27.7 Å². The van der Waals surface area contributed by atoms with Crippen LogP contribution < -0.4 is 10.6 Å². The summed E-state index contributed by atoms with van der Waals surface area (Å²) in [5, 5.41) is 28.6. The van der Waals surface area contributed by atoms with E-state index in [1.807, 2.05) is 11.0 Å². The van der Waals surface area contributed by atoms with Gasteiger partial charge in [-0.05, 0) is 18.6 Å². The van der Waals surface area contributed by atoms with E-state index in [1.54, 1.807) is 6.07 Å². The molecule has 0 bridgehead atoms. The molecule has 2 rings (SSSR count). The predicted molar refractivity (Wildman–Crippen MR) is 83.0 cm³/mol. The van der Waals surface area contributed by atoms with Crippen molar-refractivity contribution < 1.29 is 15.0 Å². The number of carbonyl (C=O) groups is 1. The van der Waals surface area contributed by atoms with Crippen molar-refractivity contribution in [3.8, 4) is 6.07 Å². The van der Waals surface area contributed by atoms with Crippen LogP contribution in [0.15, 0.2) is 12.1 Å². The number of halogens is 1. The average Bonchev–Trinajstić information content (AvgIpc) is 2.49. The number of carboxylic acid groups (broad SMARTS) is 1. The van der Waals surface area contributed by atoms with Crippen LogP contribution in [-0.2, 0) is 0 Å². The number of anilines is 2. The lowest BCUT2D eigenvalue weighted by Gasteiger charge is -2.40. The van der Waals surface area contributed by atoms with E-state index < -0.39 is 18.2 Å². The molecular weight excluding hydrogens is 308 g/mol. The second-order valence-electron chi connectivity index (χ2n) is 5.27. The van der Waals surface area contributed by atoms with E-state index in [2.05, 4.69) is 0 Å². The molecule has 8 heteroatoms. The number of hydrogen-bond donors (Lipinski definition) is 3. The zero-order valence-electron chi connectivity index (χ0n) is 12.0. The number of hydrogen-bond acceptors (Lipinski definition) is 5. The molecule has 0 aliphatic carbocycles. The zero-order valence-corrected chi connectivity index (χ0v) is 12.8. The number of β-amino-alcohol motifs (C(OH)–C–C–N with tert-alkyl or cyclic N) is 1. The molecule has 22 heavy (non-hydrogen) atoms. The highest BCUT2D eigenvalue weighted by molar-refractivity contribution is 6.35. The number of amides is 1. The molecule has 1 saturated heterocycles. The van der Waals surface area contributed by atoms with Crippen molar-refractivity contribution in [3.63, 3.8) is 0 Å². The van der Waals surface area contributed by atoms with Gasteiger partial charge in [-0.2, -0.15) is 5.26 Å². The molecule has 1 aromatic carbocycles. The Balaban J connectivity index is 2.22. The first kappa shape index (κ1) is 16.2. The summed E-state index contributed by atoms with van der Waals surface area (Å²) in [6, 6.07) is 4.66. The van der Waals surface area contributed by atoms with Crippen molar-refractivity contribution in [2.75, 3.05) is 30.8 Å². The molecule has 0 saturated carbocycles. The van der Waals surface area contributed by atoms with E-state index in [-0.39, 0.29) is 6.54 Å². The van der Waals surface area contributed by atoms with Crippen molar-refractivity contribution >= 4 is 29.1 Å². The number of aliphatic hydroxyl groups excluding tert-OH is 1. The molecule has 0 radical (unpaired) electrons. The van der Waals surface area contributed by atoms with Crippen molar-refractivity contribution in [3.05, 3.63) is 22.7 Å². The van der Waals surface area contributed by atoms with Gasteiger partial charge in [0.15, 0.2) is 0 Å². The Bertz CT molecular complexity index is 631. The first-order valence-corrected chi connectivity index (χ1v) is 7.10. The molecule has 1 heterocycles. The first-order valence-electron chi connectivity index (χ1n) is 6.73. The molecule has 2 atom stereocenters. The quantitative estimate of drug-likeness (QED) is 0.707. The molecule has 1 amide bonds. The fourth-order valence-corrected chi connectivity index (χ4v) is 2.89. The molecule has 7 nitrogen and oxygen atoms in total. The van der Waals surface area contributed by atoms with Crippen LogP contribution in [0.2, 0.25) is 5.02 Å². The number of aliphatic hydroxyl groups is 1. The lowest BCUT2D eigenvalue weighted by atomic mass is 9.99. The molecule has 1 fully saturated rings. The van der Waals surface area contributed by atoms with Crippen LogP contribution in [0.4, 0.5) is 16.2 Å². The fourth-order valence-electron chi connectivity index (χ4n) is 2.66. The molecule has 1 aromatic rings. The molecule has 1 aliphatic rings. The summed E-state index contributed by atoms with van der Waals surface area (Å²) in [5.74, 6) is 0. The average molecular weight is 325 g/mol. The topological polar surface area (TPSA) is 114 Å². The van der Waals surface area contributed by atoms with Gasteiger partial charge in [-0.15, -0.1) is 0 Å². The third kappa shape index (κ3) is 3.03. The minimum Gasteiger partial charge on any atom is -0.465 e. The number of nitrogen functional groups attached to an aromatic ring is 1. The van der Waals surface area contributed by atoms with E-state index in [0.717, 1.165) is 4.90 Å². The number of likely N-dealkylation sites (N-methyl/N-ethyl adjacent to an activating group) is 1. The maximum Gasteiger partial charge on any atom is 0.407 e. The Morgan fingerprint density at radius 3 is 2.82 bits per heavy atom. The number of benzene rings is 1. The summed E-state index contributed by atoms with van der Waals surface area (Å²) < 4.78 is 0. The molecule has 4 N–H and O–H groups in total. The van der Waals surface area contributed by atoms with Gasteiger partial charge in [-0.1, -0.05) is 11.6 Å². The van der Waals surface area contributed by atoms with Gasteiger partial charge in [0.2, 0.25) is 0 Å². The monoisotopic (exact) mass is 324 g/mol. The summed E-state index contributed by atoms with van der Waals surface area (Å²) in [4.78, 5) is 13.9. The number of rotatable bonds is 2. The molecule has 0 aromatic heterocycles. The van der Waals surface area contributed by atoms with Gasteiger partial charge in [-0.3, -0.25) is 0 Å². The van der Waals surface area contributed by atoms with Crippen molar-refractivity contribution in [1.29, 1.82) is 5.26 Å². The largest absolute Gasteiger partial charge is 0.465 e. The van der Waals surface area contributed by atoms with Crippen molar-refractivity contribution in [1.82, 2.24) is 4.90 Å². The Morgan fingerprint density at radius 1 is 1.59 bits per heavy atom. The highest BCUT2D eigenvalue weighted by atomic mass is 35.5. The van der Waals surface area contributed by atoms with Gasteiger partial charge in [0.1, 0.15) is 0 Å². The summed E-state index contributed by atoms with van der Waals surface area (Å²) in [5.41, 5.74) is 7.06. The minimum absolute atomic E-state index is 0.219. The van der Waals surface area contributed by atoms with E-state index in [1.165, 1.54) is 13.1 Å². The van der Waals surface area contributed by atoms with Crippen molar-refractivity contribution in [2.45, 2.75) is 18.6 Å². The van der Waals surface area contributed by atoms with Crippen LogP contribution in [0.25, 0.3) is 0 Å². The molecular formula is C14H17ClN4O3. The smallest absolute Gasteiger partial charge is 0.407 e. The lowest BCUT2D eigenvalue weighted by molar-refractivity contribution is 0.0497. The molecule has 0 unspecified atom stereocenters. The van der Waals surface area contributed by atoms with Gasteiger partial charge in [0.05, 0.1) is 40.2 Å². The third-order valence-corrected chi connectivity index (χ3v) is 4.31. The highest BCUT2D eigenvalue weighted by Crippen LogP contribution is 2.34. The Hall–Kier alpha value is -2.17. The summed E-state index contributed by atoms with van der Waals surface area (Å²) in [7, 11) is 1.44. The van der Waals surface area contributed by atoms with E-state index in [9.17, 15) is 9.90 Å². The first-order chi connectivity index (χ1) is 10.3. The van der Waals surface area contributed by atoms with E-state index >= 15 is 0 Å². The number of nitrogens with two attached hydrogens (primary N) is 1. The summed E-state index contributed by atoms with van der Waals surface area (Å²) in [6.45, 7) is 0.726. The number of nitriles is 1. The van der Waals surface area contributed by atoms with Crippen LogP contribution in [0.1, 0.15) is 12.0 Å². The van der Waals surface area contributed by atoms with Gasteiger partial charge in [0, 0.05) is 20.1 Å². The lowest BCUT2D eigenvalue weighted by Crippen LogP contribution is -2.54. The molecule has 1 aliphatic heterocycles. The SMILES string of the molecule is CN(C(=O)O)[C@@H]1CCN(c2cc(C#N)cc(N)c2Cl)C[C@H]1O. The standard InChI is InChI=1S/C14H17ClN4O3/c1-18(14(21)22)10-2-3-19(7-12(10)20)11-5-8(6-16)4-9(17)13(11)15/h4-5,10,12,20H,2-3,7,17H2,1H3,(H,21,22)/t10-,12-/m1/s1. The maximum atomic E-state index is 11.0. The van der Waals surface area contributed by atoms with Crippen LogP contribution in [0.5, 0.6) is 0 Å². The van der Waals surface area contributed by atoms with Gasteiger partial charge in [0.25, 0.3) is 0 Å². The van der Waals surface area contributed by atoms with E-state index in [0.29, 0.717) is 34.9 Å².